The maximum absolute atomic E-state index is 2.54. The maximum atomic E-state index is 2.54. The van der Waals surface area contributed by atoms with Crippen molar-refractivity contribution in [3.63, 3.8) is 0 Å². The fourth-order valence-corrected chi connectivity index (χ4v) is 4.75. The Labute approximate surface area is 173 Å². The second-order valence-corrected chi connectivity index (χ2v) is 8.55. The third kappa shape index (κ3) is 3.11. The first-order valence-corrected chi connectivity index (χ1v) is 10.5. The van der Waals surface area contributed by atoms with Gasteiger partial charge in [0, 0.05) is 28.1 Å². The van der Waals surface area contributed by atoms with E-state index < -0.39 is 0 Å². The van der Waals surface area contributed by atoms with E-state index in [0.29, 0.717) is 11.8 Å². The molecule has 0 saturated carbocycles. The zero-order valence-electron chi connectivity index (χ0n) is 17.1. The molecule has 4 atom stereocenters. The van der Waals surface area contributed by atoms with Crippen LogP contribution < -0.4 is 4.90 Å². The molecule has 2 aromatic carbocycles. The van der Waals surface area contributed by atoms with E-state index in [1.165, 1.54) is 22.2 Å². The minimum Gasteiger partial charge on any atom is -0.334 e. The molecule has 4 unspecified atom stereocenters. The molecule has 144 valence electrons. The molecule has 2 aromatic rings. The van der Waals surface area contributed by atoms with Crippen molar-refractivity contribution >= 4 is 16.5 Å². The van der Waals surface area contributed by atoms with Gasteiger partial charge >= 0.3 is 0 Å². The van der Waals surface area contributed by atoms with Crippen LogP contribution in [0.5, 0.6) is 0 Å². The lowest BCUT2D eigenvalue weighted by Crippen LogP contribution is -2.39. The number of fused-ring (bicyclic) bond motifs is 2. The Morgan fingerprint density at radius 3 is 2.52 bits per heavy atom. The first kappa shape index (κ1) is 18.0. The van der Waals surface area contributed by atoms with Crippen molar-refractivity contribution in [3.8, 4) is 0 Å². The molecular weight excluding hydrogens is 350 g/mol. The Balaban J connectivity index is 1.67. The fourth-order valence-electron chi connectivity index (χ4n) is 4.75. The summed E-state index contributed by atoms with van der Waals surface area (Å²) < 4.78 is 0. The number of nitrogens with zero attached hydrogens (tertiary/aromatic N) is 1. The Bertz CT molecular complexity index is 1100. The fraction of sp³-hybridized carbons (Fsp3) is 0.214. The smallest absolute Gasteiger partial charge is 0.0585 e. The van der Waals surface area contributed by atoms with Crippen molar-refractivity contribution < 1.29 is 0 Å². The van der Waals surface area contributed by atoms with E-state index in [9.17, 15) is 0 Å². The third-order valence-electron chi connectivity index (χ3n) is 6.54. The highest BCUT2D eigenvalue weighted by atomic mass is 15.2. The molecule has 0 amide bonds. The second-order valence-electron chi connectivity index (χ2n) is 8.55. The second kappa shape index (κ2) is 7.08. The average molecular weight is 378 g/mol. The highest BCUT2D eigenvalue weighted by Gasteiger charge is 2.33. The molecule has 1 nitrogen and oxygen atoms in total. The van der Waals surface area contributed by atoms with Crippen LogP contribution in [0.3, 0.4) is 0 Å². The zero-order chi connectivity index (χ0) is 19.8. The average Bonchev–Trinajstić information content (AvgIpc) is 2.75. The molecule has 0 saturated heterocycles. The van der Waals surface area contributed by atoms with Gasteiger partial charge < -0.3 is 4.90 Å². The number of anilines is 1. The molecule has 0 heterocycles. The topological polar surface area (TPSA) is 3.24 Å². The van der Waals surface area contributed by atoms with E-state index >= 15 is 0 Å². The highest BCUT2D eigenvalue weighted by molar-refractivity contribution is 5.95. The van der Waals surface area contributed by atoms with Crippen LogP contribution in [-0.2, 0) is 0 Å². The molecule has 0 radical (unpaired) electrons. The Morgan fingerprint density at radius 1 is 0.828 bits per heavy atom. The largest absolute Gasteiger partial charge is 0.334 e. The van der Waals surface area contributed by atoms with Gasteiger partial charge in [-0.2, -0.15) is 0 Å². The normalized spacial score (nSPS) is 29.7. The summed E-state index contributed by atoms with van der Waals surface area (Å²) in [5, 5.41) is 2.58. The third-order valence-corrected chi connectivity index (χ3v) is 6.54. The van der Waals surface area contributed by atoms with Gasteiger partial charge in [0.25, 0.3) is 0 Å². The molecule has 0 fully saturated rings. The predicted molar refractivity (Wildman–Crippen MR) is 125 cm³/mol. The van der Waals surface area contributed by atoms with E-state index in [4.69, 9.17) is 0 Å². The Morgan fingerprint density at radius 2 is 1.62 bits per heavy atom. The molecule has 29 heavy (non-hydrogen) atoms. The summed E-state index contributed by atoms with van der Waals surface area (Å²) >= 11 is 0. The molecule has 3 aliphatic rings. The monoisotopic (exact) mass is 377 g/mol. The van der Waals surface area contributed by atoms with E-state index in [-0.39, 0.29) is 11.5 Å². The van der Waals surface area contributed by atoms with Crippen LogP contribution in [0.4, 0.5) is 5.69 Å². The van der Waals surface area contributed by atoms with Crippen molar-refractivity contribution in [1.29, 1.82) is 0 Å². The summed E-state index contributed by atoms with van der Waals surface area (Å²) in [4.78, 5) is 2.54. The van der Waals surface area contributed by atoms with Crippen molar-refractivity contribution in [2.75, 3.05) is 4.90 Å². The lowest BCUT2D eigenvalue weighted by atomic mass is 9.71. The van der Waals surface area contributed by atoms with Crippen LogP contribution in [0, 0.1) is 17.3 Å². The predicted octanol–water partition coefficient (Wildman–Crippen LogP) is 6.98. The molecule has 0 aromatic heterocycles. The minimum absolute atomic E-state index is 0.0661. The minimum atomic E-state index is 0.0661. The number of hydrogen-bond acceptors (Lipinski definition) is 1. The maximum Gasteiger partial charge on any atom is 0.0585 e. The molecule has 3 aliphatic carbocycles. The lowest BCUT2D eigenvalue weighted by Gasteiger charge is -2.41. The van der Waals surface area contributed by atoms with Gasteiger partial charge in [-0.25, -0.2) is 0 Å². The SMILES string of the molecule is CC1C=CC=CC1N(C1=CC2C=CC=CC2(C)C=C1)c1cccc2ccccc12. The van der Waals surface area contributed by atoms with Crippen LogP contribution >= 0.6 is 0 Å². The Kier molecular flexibility index (Phi) is 4.39. The summed E-state index contributed by atoms with van der Waals surface area (Å²) in [6, 6.07) is 15.6. The van der Waals surface area contributed by atoms with E-state index in [1.807, 2.05) is 0 Å². The van der Waals surface area contributed by atoms with Gasteiger partial charge in [-0.05, 0) is 23.4 Å². The van der Waals surface area contributed by atoms with Crippen molar-refractivity contribution in [2.45, 2.75) is 19.9 Å². The molecule has 0 bridgehead atoms. The molecule has 1 heteroatoms. The molecule has 5 rings (SSSR count). The first-order chi connectivity index (χ1) is 14.2. The van der Waals surface area contributed by atoms with Gasteiger partial charge in [-0.1, -0.05) is 111 Å². The zero-order valence-corrected chi connectivity index (χ0v) is 17.1. The molecule has 0 spiro atoms. The lowest BCUT2D eigenvalue weighted by molar-refractivity contribution is 0.446. The van der Waals surface area contributed by atoms with Gasteiger partial charge in [-0.15, -0.1) is 0 Å². The van der Waals surface area contributed by atoms with Crippen LogP contribution in [0.1, 0.15) is 13.8 Å². The van der Waals surface area contributed by atoms with Crippen molar-refractivity contribution in [3.05, 3.63) is 115 Å². The number of allylic oxidation sites excluding steroid dienone is 9. The number of rotatable bonds is 3. The van der Waals surface area contributed by atoms with E-state index in [2.05, 4.69) is 128 Å². The van der Waals surface area contributed by atoms with E-state index in [1.54, 1.807) is 0 Å². The van der Waals surface area contributed by atoms with Crippen LogP contribution in [0.2, 0.25) is 0 Å². The van der Waals surface area contributed by atoms with Gasteiger partial charge in [0.05, 0.1) is 6.04 Å². The standard InChI is InChI=1S/C28H27N/c1-21-10-3-6-15-26(21)29(27-16-9-12-22-11-4-5-14-25(22)27)24-17-19-28(2)18-8-7-13-23(28)20-24/h3-21,23,26H,1-2H3. The summed E-state index contributed by atoms with van der Waals surface area (Å²) in [6.45, 7) is 4.62. The Hall–Kier alpha value is -3.06. The summed E-state index contributed by atoms with van der Waals surface area (Å²) in [5.74, 6) is 0.812. The highest BCUT2D eigenvalue weighted by Crippen LogP contribution is 2.43. The summed E-state index contributed by atoms with van der Waals surface area (Å²) in [6.07, 6.45) is 25.1. The van der Waals surface area contributed by atoms with E-state index in [0.717, 1.165) is 0 Å². The van der Waals surface area contributed by atoms with Gasteiger partial charge in [0.1, 0.15) is 0 Å². The number of benzene rings is 2. The van der Waals surface area contributed by atoms with Crippen molar-refractivity contribution in [1.82, 2.24) is 0 Å². The van der Waals surface area contributed by atoms with Gasteiger partial charge in [0.15, 0.2) is 0 Å². The first-order valence-electron chi connectivity index (χ1n) is 10.5. The van der Waals surface area contributed by atoms with Crippen LogP contribution in [0.15, 0.2) is 115 Å². The molecule has 0 N–H and O–H groups in total. The molecule has 0 aliphatic heterocycles. The quantitative estimate of drug-likeness (QED) is 0.558. The van der Waals surface area contributed by atoms with Crippen LogP contribution in [-0.4, -0.2) is 6.04 Å². The summed E-state index contributed by atoms with van der Waals surface area (Å²) in [7, 11) is 0. The number of hydrogen-bond donors (Lipinski definition) is 0. The van der Waals surface area contributed by atoms with Gasteiger partial charge in [0.2, 0.25) is 0 Å². The van der Waals surface area contributed by atoms with Gasteiger partial charge in [-0.3, -0.25) is 0 Å². The molecular formula is C28H27N. The van der Waals surface area contributed by atoms with Crippen molar-refractivity contribution in [2.24, 2.45) is 17.3 Å². The summed E-state index contributed by atoms with van der Waals surface area (Å²) in [5.41, 5.74) is 2.62. The van der Waals surface area contributed by atoms with Crippen LogP contribution in [0.25, 0.3) is 10.8 Å².